The summed E-state index contributed by atoms with van der Waals surface area (Å²) in [5.74, 6) is -1.25. The van der Waals surface area contributed by atoms with Gasteiger partial charge in [0.1, 0.15) is 0 Å². The van der Waals surface area contributed by atoms with Crippen LogP contribution in [-0.4, -0.2) is 60.9 Å². The molecule has 0 spiro atoms. The number of halogens is 4. The minimum Gasteiger partial charge on any atom is -0.389 e. The van der Waals surface area contributed by atoms with Gasteiger partial charge in [0.2, 0.25) is 0 Å². The van der Waals surface area contributed by atoms with Gasteiger partial charge < -0.3 is 15.3 Å². The molecule has 0 aliphatic carbocycles. The van der Waals surface area contributed by atoms with Gasteiger partial charge in [-0.2, -0.15) is 0 Å². The molecule has 0 unspecified atom stereocenters. The molecule has 3 saturated heterocycles. The first-order valence-electron chi connectivity index (χ1n) is 9.42. The average Bonchev–Trinajstić information content (AvgIpc) is 2.63. The number of likely N-dealkylation sites (tertiary alicyclic amines) is 1. The van der Waals surface area contributed by atoms with Crippen LogP contribution >= 0.6 is 24.8 Å². The number of hydrogen-bond donors (Lipinski definition) is 2. The Morgan fingerprint density at radius 3 is 2.48 bits per heavy atom. The van der Waals surface area contributed by atoms with Gasteiger partial charge in [0.25, 0.3) is 0 Å². The van der Waals surface area contributed by atoms with Gasteiger partial charge >= 0.3 is 0 Å². The van der Waals surface area contributed by atoms with Crippen molar-refractivity contribution in [2.45, 2.75) is 37.3 Å². The molecule has 27 heavy (non-hydrogen) atoms. The number of aliphatic hydroxyl groups is 1. The third-order valence-electron chi connectivity index (χ3n) is 6.42. The molecule has 3 aliphatic rings. The summed E-state index contributed by atoms with van der Waals surface area (Å²) >= 11 is 0. The third kappa shape index (κ3) is 4.67. The molecule has 154 valence electrons. The number of piperidine rings is 3. The van der Waals surface area contributed by atoms with Crippen molar-refractivity contribution in [1.82, 2.24) is 10.2 Å². The van der Waals surface area contributed by atoms with Crippen LogP contribution in [0.3, 0.4) is 0 Å². The first kappa shape index (κ1) is 22.6. The van der Waals surface area contributed by atoms with Crippen LogP contribution in [0.5, 0.6) is 0 Å². The number of fused-ring (bicyclic) bond motifs is 1. The van der Waals surface area contributed by atoms with Crippen molar-refractivity contribution in [2.75, 3.05) is 44.2 Å². The predicted molar refractivity (Wildman–Crippen MR) is 108 cm³/mol. The lowest BCUT2D eigenvalue weighted by Gasteiger charge is -2.50. The van der Waals surface area contributed by atoms with Crippen LogP contribution in [0.2, 0.25) is 0 Å². The van der Waals surface area contributed by atoms with Crippen molar-refractivity contribution in [3.05, 3.63) is 29.8 Å². The van der Waals surface area contributed by atoms with Crippen molar-refractivity contribution in [3.63, 3.8) is 0 Å². The van der Waals surface area contributed by atoms with Crippen molar-refractivity contribution in [3.8, 4) is 0 Å². The molecular weight excluding hydrogens is 395 g/mol. The fourth-order valence-corrected chi connectivity index (χ4v) is 4.75. The van der Waals surface area contributed by atoms with Crippen LogP contribution in [0.4, 0.5) is 14.5 Å². The van der Waals surface area contributed by atoms with Gasteiger partial charge in [0, 0.05) is 56.4 Å². The number of nitrogens with zero attached hydrogens (tertiary/aromatic N) is 2. The van der Waals surface area contributed by atoms with E-state index in [4.69, 9.17) is 0 Å². The van der Waals surface area contributed by atoms with Gasteiger partial charge in [-0.05, 0) is 44.4 Å². The molecule has 1 aromatic carbocycles. The minimum atomic E-state index is -0.791. The SMILES string of the molecule is Cl.Cl.O[C@]12CCNC[C@H]1CN(C1CCN(c3ccc(F)c(F)c3)CC1)CC2. The Balaban J connectivity index is 0.00000131. The van der Waals surface area contributed by atoms with E-state index in [-0.39, 0.29) is 24.8 Å². The van der Waals surface area contributed by atoms with E-state index in [9.17, 15) is 13.9 Å². The summed E-state index contributed by atoms with van der Waals surface area (Å²) in [5.41, 5.74) is 0.288. The zero-order valence-corrected chi connectivity index (χ0v) is 17.0. The molecule has 1 aromatic rings. The highest BCUT2D eigenvalue weighted by Crippen LogP contribution is 2.35. The monoisotopic (exact) mass is 423 g/mol. The highest BCUT2D eigenvalue weighted by molar-refractivity contribution is 5.85. The van der Waals surface area contributed by atoms with E-state index in [1.165, 1.54) is 12.1 Å². The van der Waals surface area contributed by atoms with E-state index in [1.807, 2.05) is 0 Å². The third-order valence-corrected chi connectivity index (χ3v) is 6.42. The smallest absolute Gasteiger partial charge is 0.160 e. The molecule has 0 bridgehead atoms. The summed E-state index contributed by atoms with van der Waals surface area (Å²) in [4.78, 5) is 4.68. The molecule has 8 heteroatoms. The Morgan fingerprint density at radius 2 is 1.78 bits per heavy atom. The van der Waals surface area contributed by atoms with Crippen LogP contribution in [0, 0.1) is 17.6 Å². The largest absolute Gasteiger partial charge is 0.389 e. The molecule has 2 N–H and O–H groups in total. The molecule has 3 heterocycles. The molecular formula is C19H29Cl2F2N3O. The van der Waals surface area contributed by atoms with Crippen molar-refractivity contribution in [1.29, 1.82) is 0 Å². The van der Waals surface area contributed by atoms with E-state index in [2.05, 4.69) is 15.1 Å². The van der Waals surface area contributed by atoms with Crippen molar-refractivity contribution in [2.24, 2.45) is 5.92 Å². The molecule has 0 saturated carbocycles. The van der Waals surface area contributed by atoms with E-state index < -0.39 is 17.2 Å². The highest BCUT2D eigenvalue weighted by Gasteiger charge is 2.44. The van der Waals surface area contributed by atoms with Crippen molar-refractivity contribution < 1.29 is 13.9 Å². The van der Waals surface area contributed by atoms with Crippen LogP contribution in [0.15, 0.2) is 18.2 Å². The summed E-state index contributed by atoms with van der Waals surface area (Å²) < 4.78 is 26.6. The topological polar surface area (TPSA) is 38.7 Å². The molecule has 0 amide bonds. The lowest BCUT2D eigenvalue weighted by Crippen LogP contribution is -2.61. The summed E-state index contributed by atoms with van der Waals surface area (Å²) in [6, 6.07) is 4.68. The van der Waals surface area contributed by atoms with Gasteiger partial charge in [0.15, 0.2) is 11.6 Å². The Labute approximate surface area is 172 Å². The van der Waals surface area contributed by atoms with Crippen LogP contribution in [0.25, 0.3) is 0 Å². The number of hydrogen-bond acceptors (Lipinski definition) is 4. The second kappa shape index (κ2) is 9.23. The second-order valence-electron chi connectivity index (χ2n) is 7.82. The van der Waals surface area contributed by atoms with E-state index in [0.29, 0.717) is 12.0 Å². The maximum absolute atomic E-state index is 13.5. The second-order valence-corrected chi connectivity index (χ2v) is 7.82. The predicted octanol–water partition coefficient (Wildman–Crippen LogP) is 2.82. The molecule has 0 aromatic heterocycles. The number of anilines is 1. The standard InChI is InChI=1S/C19H27F2N3O.2ClH/c20-17-2-1-16(11-18(17)21)23-8-3-15(4-9-23)24-10-6-19(25)5-7-22-12-14(19)13-24;;/h1-2,11,14-15,22,25H,3-10,12-13H2;2*1H/t14-,19-;;/m0../s1. The zero-order chi connectivity index (χ0) is 17.4. The average molecular weight is 424 g/mol. The summed E-state index contributed by atoms with van der Waals surface area (Å²) in [5, 5.41) is 14.2. The maximum Gasteiger partial charge on any atom is 0.160 e. The fraction of sp³-hybridized carbons (Fsp3) is 0.684. The molecule has 4 rings (SSSR count). The van der Waals surface area contributed by atoms with Crippen molar-refractivity contribution >= 4 is 30.5 Å². The summed E-state index contributed by atoms with van der Waals surface area (Å²) in [6.45, 7) is 5.46. The zero-order valence-electron chi connectivity index (χ0n) is 15.4. The van der Waals surface area contributed by atoms with E-state index in [0.717, 1.165) is 70.6 Å². The minimum absolute atomic E-state index is 0. The Hall–Kier alpha value is -0.660. The van der Waals surface area contributed by atoms with E-state index >= 15 is 0 Å². The molecule has 4 nitrogen and oxygen atoms in total. The van der Waals surface area contributed by atoms with Crippen LogP contribution < -0.4 is 10.2 Å². The van der Waals surface area contributed by atoms with Gasteiger partial charge in [-0.25, -0.2) is 8.78 Å². The number of nitrogens with one attached hydrogen (secondary N) is 1. The Bertz CT molecular complexity index is 631. The molecule has 0 radical (unpaired) electrons. The maximum atomic E-state index is 13.5. The van der Waals surface area contributed by atoms with Gasteiger partial charge in [-0.3, -0.25) is 4.90 Å². The molecule has 2 atom stereocenters. The highest BCUT2D eigenvalue weighted by atomic mass is 35.5. The Morgan fingerprint density at radius 1 is 1.04 bits per heavy atom. The summed E-state index contributed by atoms with van der Waals surface area (Å²) in [7, 11) is 0. The number of benzene rings is 1. The van der Waals surface area contributed by atoms with Gasteiger partial charge in [-0.1, -0.05) is 0 Å². The first-order valence-corrected chi connectivity index (χ1v) is 9.42. The van der Waals surface area contributed by atoms with E-state index in [1.54, 1.807) is 6.07 Å². The van der Waals surface area contributed by atoms with Gasteiger partial charge in [-0.15, -0.1) is 24.8 Å². The van der Waals surface area contributed by atoms with Crippen LogP contribution in [0.1, 0.15) is 25.7 Å². The fourth-order valence-electron chi connectivity index (χ4n) is 4.75. The quantitative estimate of drug-likeness (QED) is 0.766. The molecule has 3 fully saturated rings. The Kier molecular flexibility index (Phi) is 7.73. The lowest BCUT2D eigenvalue weighted by molar-refractivity contribution is -0.0971. The van der Waals surface area contributed by atoms with Crippen LogP contribution in [-0.2, 0) is 0 Å². The molecule has 3 aliphatic heterocycles. The normalized spacial score (nSPS) is 29.4. The lowest BCUT2D eigenvalue weighted by atomic mass is 9.75. The number of rotatable bonds is 2. The first-order chi connectivity index (χ1) is 12.0. The summed E-state index contributed by atoms with van der Waals surface area (Å²) in [6.07, 6.45) is 3.78. The van der Waals surface area contributed by atoms with Gasteiger partial charge in [0.05, 0.1) is 5.60 Å².